The Kier molecular flexibility index (Phi) is 6.49. The summed E-state index contributed by atoms with van der Waals surface area (Å²) in [6, 6.07) is 16.5. The van der Waals surface area contributed by atoms with Crippen LogP contribution in [-0.4, -0.2) is 22.0 Å². The summed E-state index contributed by atoms with van der Waals surface area (Å²) < 4.78 is 0. The Morgan fingerprint density at radius 3 is 2.57 bits per heavy atom. The highest BCUT2D eigenvalue weighted by Gasteiger charge is 2.15. The molecule has 0 saturated heterocycles. The van der Waals surface area contributed by atoms with Crippen molar-refractivity contribution in [2.45, 2.75) is 32.7 Å². The van der Waals surface area contributed by atoms with E-state index in [-0.39, 0.29) is 17.9 Å². The van der Waals surface area contributed by atoms with E-state index in [1.54, 1.807) is 24.3 Å². The predicted molar refractivity (Wildman–Crippen MR) is 111 cm³/mol. The fraction of sp³-hybridized carbons (Fsp3) is 0.238. The van der Waals surface area contributed by atoms with Crippen LogP contribution in [0.2, 0.25) is 0 Å². The molecule has 0 aliphatic carbocycles. The first-order chi connectivity index (χ1) is 13.6. The third-order valence-corrected chi connectivity index (χ3v) is 5.14. The van der Waals surface area contributed by atoms with Gasteiger partial charge in [-0.3, -0.25) is 9.59 Å². The summed E-state index contributed by atoms with van der Waals surface area (Å²) in [5, 5.41) is 14.9. The highest BCUT2D eigenvalue weighted by atomic mass is 32.1. The van der Waals surface area contributed by atoms with E-state index in [1.165, 1.54) is 11.3 Å². The van der Waals surface area contributed by atoms with Crippen LogP contribution in [0.5, 0.6) is 0 Å². The quantitative estimate of drug-likeness (QED) is 0.628. The first-order valence-electron chi connectivity index (χ1n) is 9.16. The molecule has 2 N–H and O–H groups in total. The average Bonchev–Trinajstić information content (AvgIpc) is 3.18. The van der Waals surface area contributed by atoms with Crippen molar-refractivity contribution in [3.63, 3.8) is 0 Å². The molecule has 0 radical (unpaired) electrons. The number of rotatable bonds is 7. The van der Waals surface area contributed by atoms with Crippen molar-refractivity contribution < 1.29 is 9.59 Å². The van der Waals surface area contributed by atoms with Gasteiger partial charge in [0, 0.05) is 17.7 Å². The molecule has 1 heterocycles. The van der Waals surface area contributed by atoms with Gasteiger partial charge in [0.15, 0.2) is 0 Å². The summed E-state index contributed by atoms with van der Waals surface area (Å²) in [7, 11) is 0. The number of aromatic nitrogens is 2. The molecule has 1 atom stereocenters. The Balaban J connectivity index is 1.65. The molecule has 0 aliphatic rings. The Morgan fingerprint density at radius 1 is 1.04 bits per heavy atom. The van der Waals surface area contributed by atoms with Gasteiger partial charge in [0.05, 0.1) is 6.04 Å². The second-order valence-corrected chi connectivity index (χ2v) is 7.45. The van der Waals surface area contributed by atoms with Crippen LogP contribution >= 0.6 is 11.3 Å². The second-order valence-electron chi connectivity index (χ2n) is 6.39. The minimum Gasteiger partial charge on any atom is -0.346 e. The van der Waals surface area contributed by atoms with Gasteiger partial charge in [-0.25, -0.2) is 0 Å². The van der Waals surface area contributed by atoms with Crippen LogP contribution in [0.3, 0.4) is 0 Å². The van der Waals surface area contributed by atoms with Gasteiger partial charge < -0.3 is 10.6 Å². The number of hydrogen-bond acceptors (Lipinski definition) is 5. The van der Waals surface area contributed by atoms with Crippen molar-refractivity contribution >= 4 is 28.8 Å². The number of amides is 2. The second kappa shape index (κ2) is 9.23. The standard InChI is InChI=1S/C21H22N4O2S/c1-3-8-18-24-25-21(28-18)20(27)23-17-12-7-11-16(13-17)19(26)22-14(2)15-9-5-4-6-10-15/h4-7,9-14H,3,8H2,1-2H3,(H,22,26)(H,23,27)/t14-/m1/s1. The fourth-order valence-corrected chi connectivity index (χ4v) is 3.52. The molecule has 28 heavy (non-hydrogen) atoms. The van der Waals surface area contributed by atoms with Crippen molar-refractivity contribution in [3.8, 4) is 0 Å². The number of hydrogen-bond donors (Lipinski definition) is 2. The van der Waals surface area contributed by atoms with Crippen LogP contribution < -0.4 is 10.6 Å². The smallest absolute Gasteiger partial charge is 0.286 e. The number of benzene rings is 2. The molecule has 2 amide bonds. The van der Waals surface area contributed by atoms with Crippen LogP contribution in [0.1, 0.15) is 57.0 Å². The van der Waals surface area contributed by atoms with Gasteiger partial charge in [-0.15, -0.1) is 10.2 Å². The molecular weight excluding hydrogens is 372 g/mol. The summed E-state index contributed by atoms with van der Waals surface area (Å²) in [5.74, 6) is -0.524. The van der Waals surface area contributed by atoms with Crippen molar-refractivity contribution in [2.75, 3.05) is 5.32 Å². The van der Waals surface area contributed by atoms with Crippen LogP contribution in [0.15, 0.2) is 54.6 Å². The van der Waals surface area contributed by atoms with Gasteiger partial charge >= 0.3 is 0 Å². The molecule has 2 aromatic carbocycles. The van der Waals surface area contributed by atoms with Gasteiger partial charge in [0.1, 0.15) is 5.01 Å². The number of nitrogens with one attached hydrogen (secondary N) is 2. The summed E-state index contributed by atoms with van der Waals surface area (Å²) in [6.45, 7) is 3.98. The lowest BCUT2D eigenvalue weighted by Gasteiger charge is -2.14. The van der Waals surface area contributed by atoms with Gasteiger partial charge in [-0.1, -0.05) is 54.7 Å². The van der Waals surface area contributed by atoms with Crippen molar-refractivity contribution in [1.82, 2.24) is 15.5 Å². The number of carbonyl (C=O) groups excluding carboxylic acids is 2. The molecule has 7 heteroatoms. The van der Waals surface area contributed by atoms with Gasteiger partial charge in [-0.05, 0) is 37.1 Å². The first-order valence-corrected chi connectivity index (χ1v) is 9.98. The Hall–Kier alpha value is -3.06. The van der Waals surface area contributed by atoms with E-state index in [1.807, 2.05) is 37.3 Å². The molecule has 3 aromatic rings. The van der Waals surface area contributed by atoms with Gasteiger partial charge in [-0.2, -0.15) is 0 Å². The van der Waals surface area contributed by atoms with Crippen LogP contribution in [0.4, 0.5) is 5.69 Å². The highest BCUT2D eigenvalue weighted by Crippen LogP contribution is 2.17. The SMILES string of the molecule is CCCc1nnc(C(=O)Nc2cccc(C(=O)N[C@H](C)c3ccccc3)c2)s1. The average molecular weight is 395 g/mol. The van der Waals surface area contributed by atoms with Crippen LogP contribution in [-0.2, 0) is 6.42 Å². The van der Waals surface area contributed by atoms with E-state index < -0.39 is 0 Å². The number of anilines is 1. The molecule has 3 rings (SSSR count). The van der Waals surface area contributed by atoms with E-state index in [0.717, 1.165) is 23.4 Å². The molecule has 0 spiro atoms. The van der Waals surface area contributed by atoms with Crippen molar-refractivity contribution in [2.24, 2.45) is 0 Å². The van der Waals surface area contributed by atoms with E-state index >= 15 is 0 Å². The van der Waals surface area contributed by atoms with Gasteiger partial charge in [0.25, 0.3) is 11.8 Å². The predicted octanol–water partition coefficient (Wildman–Crippen LogP) is 4.23. The minimum absolute atomic E-state index is 0.120. The molecule has 0 aliphatic heterocycles. The maximum absolute atomic E-state index is 12.6. The number of carbonyl (C=O) groups is 2. The normalized spacial score (nSPS) is 11.6. The molecule has 0 fully saturated rings. The van der Waals surface area contributed by atoms with Gasteiger partial charge in [0.2, 0.25) is 5.01 Å². The zero-order valence-corrected chi connectivity index (χ0v) is 16.6. The van der Waals surface area contributed by atoms with E-state index in [2.05, 4.69) is 27.8 Å². The third-order valence-electron chi connectivity index (χ3n) is 4.15. The fourth-order valence-electron chi connectivity index (χ4n) is 2.69. The largest absolute Gasteiger partial charge is 0.346 e. The maximum atomic E-state index is 12.6. The highest BCUT2D eigenvalue weighted by molar-refractivity contribution is 7.13. The maximum Gasteiger partial charge on any atom is 0.286 e. The van der Waals surface area contributed by atoms with Crippen LogP contribution in [0, 0.1) is 0 Å². The van der Waals surface area contributed by atoms with Crippen molar-refractivity contribution in [1.29, 1.82) is 0 Å². The number of nitrogens with zero attached hydrogens (tertiary/aromatic N) is 2. The van der Waals surface area contributed by atoms with E-state index in [4.69, 9.17) is 0 Å². The Morgan fingerprint density at radius 2 is 1.82 bits per heavy atom. The molecule has 144 valence electrons. The molecule has 0 saturated carbocycles. The number of aryl methyl sites for hydroxylation is 1. The Labute approximate surface area is 168 Å². The van der Waals surface area contributed by atoms with E-state index in [0.29, 0.717) is 16.3 Å². The first kappa shape index (κ1) is 19.7. The third kappa shape index (κ3) is 5.01. The van der Waals surface area contributed by atoms with E-state index in [9.17, 15) is 9.59 Å². The summed E-state index contributed by atoms with van der Waals surface area (Å²) in [6.07, 6.45) is 1.76. The topological polar surface area (TPSA) is 84.0 Å². The van der Waals surface area contributed by atoms with Crippen LogP contribution in [0.25, 0.3) is 0 Å². The Bertz CT molecular complexity index is 956. The van der Waals surface area contributed by atoms with Crippen molar-refractivity contribution in [3.05, 3.63) is 75.7 Å². The lowest BCUT2D eigenvalue weighted by molar-refractivity contribution is 0.0938. The monoisotopic (exact) mass is 394 g/mol. The zero-order chi connectivity index (χ0) is 19.9. The molecule has 1 aromatic heterocycles. The lowest BCUT2D eigenvalue weighted by atomic mass is 10.1. The zero-order valence-electron chi connectivity index (χ0n) is 15.8. The molecule has 0 unspecified atom stereocenters. The lowest BCUT2D eigenvalue weighted by Crippen LogP contribution is -2.26. The summed E-state index contributed by atoms with van der Waals surface area (Å²) in [5.41, 5.74) is 2.04. The molecular formula is C21H22N4O2S. The molecule has 6 nitrogen and oxygen atoms in total. The summed E-state index contributed by atoms with van der Waals surface area (Å²) >= 11 is 1.29. The summed E-state index contributed by atoms with van der Waals surface area (Å²) in [4.78, 5) is 24.9. The minimum atomic E-state index is -0.324. The molecule has 0 bridgehead atoms.